The summed E-state index contributed by atoms with van der Waals surface area (Å²) in [6, 6.07) is 1.74. The van der Waals surface area contributed by atoms with Gasteiger partial charge in [-0.25, -0.2) is 4.79 Å². The molecule has 4 rings (SSSR count). The van der Waals surface area contributed by atoms with Crippen molar-refractivity contribution >= 4 is 23.4 Å². The maximum absolute atomic E-state index is 12.8. The fourth-order valence-corrected chi connectivity index (χ4v) is 4.95. The van der Waals surface area contributed by atoms with E-state index in [4.69, 9.17) is 14.6 Å². The summed E-state index contributed by atoms with van der Waals surface area (Å²) in [6.07, 6.45) is 4.04. The molecule has 1 spiro atoms. The Hall–Kier alpha value is -2.26. The summed E-state index contributed by atoms with van der Waals surface area (Å²) in [5, 5.41) is 7.86. The summed E-state index contributed by atoms with van der Waals surface area (Å²) < 4.78 is 16.9. The molecule has 0 atom stereocenters. The van der Waals surface area contributed by atoms with Crippen LogP contribution in [0.15, 0.2) is 6.07 Å². The number of fused-ring (bicyclic) bond motifs is 1. The van der Waals surface area contributed by atoms with Crippen LogP contribution in [0.5, 0.6) is 0 Å². The molecule has 0 aliphatic carbocycles. The van der Waals surface area contributed by atoms with Gasteiger partial charge in [-0.1, -0.05) is 0 Å². The third kappa shape index (κ3) is 4.27. The first-order valence-electron chi connectivity index (χ1n) is 10.6. The van der Waals surface area contributed by atoms with E-state index in [1.54, 1.807) is 6.07 Å². The van der Waals surface area contributed by atoms with Gasteiger partial charge in [-0.15, -0.1) is 0 Å². The smallest absolute Gasteiger partial charge is 0.349 e. The van der Waals surface area contributed by atoms with Crippen molar-refractivity contribution in [3.63, 3.8) is 0 Å². The molecule has 0 radical (unpaired) electrons. The molecule has 1 saturated heterocycles. The van der Waals surface area contributed by atoms with Gasteiger partial charge in [0.15, 0.2) is 0 Å². The van der Waals surface area contributed by atoms with Gasteiger partial charge in [-0.05, 0) is 69.0 Å². The molecule has 0 saturated carbocycles. The molecule has 2 aliphatic heterocycles. The number of nitrogens with one attached hydrogen (secondary N) is 1. The number of nitrogens with zero attached hydrogens (tertiary/aromatic N) is 3. The largest absolute Gasteiger partial charge is 0.461 e. The molecule has 0 unspecified atom stereocenters. The maximum atomic E-state index is 12.8. The van der Waals surface area contributed by atoms with Gasteiger partial charge in [0.1, 0.15) is 10.6 Å². The number of ether oxygens (including phenoxy) is 2. The molecule has 30 heavy (non-hydrogen) atoms. The lowest BCUT2D eigenvalue weighted by Crippen LogP contribution is -2.40. The SMILES string of the molecule is CCn1nc(CCCOC(=O)c2cc(C)ns2)c2c1C(=O)NCC1(CCOCC1)C2. The molecule has 4 heterocycles. The average molecular weight is 433 g/mol. The van der Waals surface area contributed by atoms with Crippen molar-refractivity contribution in [2.75, 3.05) is 26.4 Å². The Balaban J connectivity index is 1.46. The molecule has 2 aliphatic rings. The number of amides is 1. The Labute approximate surface area is 180 Å². The molecular weight excluding hydrogens is 404 g/mol. The van der Waals surface area contributed by atoms with Crippen LogP contribution in [-0.4, -0.2) is 52.4 Å². The first-order chi connectivity index (χ1) is 14.5. The van der Waals surface area contributed by atoms with Crippen LogP contribution in [0.4, 0.5) is 0 Å². The predicted molar refractivity (Wildman–Crippen MR) is 112 cm³/mol. The number of hydrogen-bond donors (Lipinski definition) is 1. The number of rotatable bonds is 6. The number of aryl methyl sites for hydroxylation is 3. The zero-order chi connectivity index (χ0) is 21.1. The Kier molecular flexibility index (Phi) is 6.19. The van der Waals surface area contributed by atoms with Gasteiger partial charge in [0, 0.05) is 31.9 Å². The molecule has 1 fully saturated rings. The topological polar surface area (TPSA) is 95.3 Å². The maximum Gasteiger partial charge on any atom is 0.349 e. The Morgan fingerprint density at radius 3 is 2.90 bits per heavy atom. The second-order valence-corrected chi connectivity index (χ2v) is 8.94. The molecule has 2 aromatic heterocycles. The fraction of sp³-hybridized carbons (Fsp3) is 0.619. The lowest BCUT2D eigenvalue weighted by atomic mass is 9.75. The van der Waals surface area contributed by atoms with E-state index in [-0.39, 0.29) is 17.3 Å². The summed E-state index contributed by atoms with van der Waals surface area (Å²) in [5.41, 5.74) is 3.54. The van der Waals surface area contributed by atoms with Crippen molar-refractivity contribution in [1.82, 2.24) is 19.5 Å². The van der Waals surface area contributed by atoms with Gasteiger partial charge in [0.25, 0.3) is 5.91 Å². The van der Waals surface area contributed by atoms with Crippen LogP contribution in [0.25, 0.3) is 0 Å². The van der Waals surface area contributed by atoms with Gasteiger partial charge in [-0.2, -0.15) is 9.47 Å². The van der Waals surface area contributed by atoms with Crippen molar-refractivity contribution in [2.45, 2.75) is 52.5 Å². The highest BCUT2D eigenvalue weighted by Crippen LogP contribution is 2.37. The van der Waals surface area contributed by atoms with Gasteiger partial charge in [0.2, 0.25) is 0 Å². The van der Waals surface area contributed by atoms with Crippen LogP contribution in [0.1, 0.15) is 63.3 Å². The van der Waals surface area contributed by atoms with Crippen LogP contribution in [0, 0.1) is 12.3 Å². The highest BCUT2D eigenvalue weighted by Gasteiger charge is 2.39. The lowest BCUT2D eigenvalue weighted by molar-refractivity contribution is 0.0160. The van der Waals surface area contributed by atoms with Gasteiger partial charge in [0.05, 0.1) is 18.0 Å². The quantitative estimate of drug-likeness (QED) is 0.557. The van der Waals surface area contributed by atoms with E-state index < -0.39 is 0 Å². The average Bonchev–Trinajstić information content (AvgIpc) is 3.30. The molecule has 0 bridgehead atoms. The first-order valence-corrected chi connectivity index (χ1v) is 11.3. The lowest BCUT2D eigenvalue weighted by Gasteiger charge is -2.36. The first kappa shape index (κ1) is 21.0. The number of esters is 1. The molecule has 9 heteroatoms. The number of aromatic nitrogens is 3. The van der Waals surface area contributed by atoms with Crippen LogP contribution >= 0.6 is 11.5 Å². The fourth-order valence-electron chi connectivity index (χ4n) is 4.30. The summed E-state index contributed by atoms with van der Waals surface area (Å²) in [5.74, 6) is -0.375. The van der Waals surface area contributed by atoms with Crippen LogP contribution in [0.2, 0.25) is 0 Å². The van der Waals surface area contributed by atoms with Crippen LogP contribution < -0.4 is 5.32 Å². The molecular formula is C21H28N4O4S. The zero-order valence-electron chi connectivity index (χ0n) is 17.5. The minimum absolute atomic E-state index is 0.0337. The normalized spacial score (nSPS) is 18.0. The van der Waals surface area contributed by atoms with E-state index in [1.807, 2.05) is 18.5 Å². The molecule has 0 aromatic carbocycles. The molecule has 162 valence electrons. The third-order valence-corrected chi connectivity index (χ3v) is 6.86. The zero-order valence-corrected chi connectivity index (χ0v) is 18.3. The minimum atomic E-state index is -0.334. The number of carbonyl (C=O) groups excluding carboxylic acids is 2. The van der Waals surface area contributed by atoms with Crippen molar-refractivity contribution in [3.05, 3.63) is 33.6 Å². The molecule has 8 nitrogen and oxygen atoms in total. The van der Waals surface area contributed by atoms with Gasteiger partial charge in [-0.3, -0.25) is 9.48 Å². The van der Waals surface area contributed by atoms with Crippen LogP contribution in [-0.2, 0) is 28.9 Å². The van der Waals surface area contributed by atoms with Crippen molar-refractivity contribution in [2.24, 2.45) is 5.41 Å². The van der Waals surface area contributed by atoms with Crippen molar-refractivity contribution in [3.8, 4) is 0 Å². The summed E-state index contributed by atoms with van der Waals surface area (Å²) in [7, 11) is 0. The number of hydrogen-bond acceptors (Lipinski definition) is 7. The Morgan fingerprint density at radius 1 is 1.40 bits per heavy atom. The van der Waals surface area contributed by atoms with E-state index in [2.05, 4.69) is 9.69 Å². The second-order valence-electron chi connectivity index (χ2n) is 8.13. The highest BCUT2D eigenvalue weighted by atomic mass is 32.1. The van der Waals surface area contributed by atoms with E-state index in [0.717, 1.165) is 61.0 Å². The van der Waals surface area contributed by atoms with E-state index in [9.17, 15) is 9.59 Å². The van der Waals surface area contributed by atoms with Gasteiger partial charge < -0.3 is 14.8 Å². The van der Waals surface area contributed by atoms with Crippen molar-refractivity contribution < 1.29 is 19.1 Å². The number of carbonyl (C=O) groups is 2. The minimum Gasteiger partial charge on any atom is -0.461 e. The van der Waals surface area contributed by atoms with Gasteiger partial charge >= 0.3 is 5.97 Å². The van der Waals surface area contributed by atoms with E-state index in [1.165, 1.54) is 0 Å². The standard InChI is InChI=1S/C21H28N4O4S/c1-3-25-18-15(12-21(13-22-19(18)26)6-9-28-10-7-21)16(23-25)5-4-8-29-20(27)17-11-14(2)24-30-17/h11H,3-10,12-13H2,1-2H3,(H,22,26). The predicted octanol–water partition coefficient (Wildman–Crippen LogP) is 2.54. The van der Waals surface area contributed by atoms with Crippen LogP contribution in [0.3, 0.4) is 0 Å². The van der Waals surface area contributed by atoms with E-state index in [0.29, 0.717) is 43.1 Å². The molecule has 2 aromatic rings. The van der Waals surface area contributed by atoms with E-state index >= 15 is 0 Å². The molecule has 1 amide bonds. The Morgan fingerprint density at radius 2 is 2.20 bits per heavy atom. The monoisotopic (exact) mass is 432 g/mol. The summed E-state index contributed by atoms with van der Waals surface area (Å²) in [4.78, 5) is 25.5. The summed E-state index contributed by atoms with van der Waals surface area (Å²) in [6.45, 7) is 6.95. The molecule has 1 N–H and O–H groups in total. The second kappa shape index (κ2) is 8.85. The van der Waals surface area contributed by atoms with Crippen molar-refractivity contribution in [1.29, 1.82) is 0 Å². The Bertz CT molecular complexity index is 930. The highest BCUT2D eigenvalue weighted by molar-refractivity contribution is 7.08. The third-order valence-electron chi connectivity index (χ3n) is 6.00. The summed E-state index contributed by atoms with van der Waals surface area (Å²) >= 11 is 1.16.